The molecule has 1 atom stereocenters. The van der Waals surface area contributed by atoms with Crippen LogP contribution in [-0.4, -0.2) is 25.9 Å². The van der Waals surface area contributed by atoms with E-state index in [-0.39, 0.29) is 5.91 Å². The predicted octanol–water partition coefficient (Wildman–Crippen LogP) is 5.64. The fourth-order valence-corrected chi connectivity index (χ4v) is 4.33. The molecule has 1 aromatic heterocycles. The Bertz CT molecular complexity index is 1320. The van der Waals surface area contributed by atoms with Crippen molar-refractivity contribution in [2.45, 2.75) is 23.9 Å². The largest absolute Gasteiger partial charge is 0.324 e. The fraction of sp³-hybridized carbons (Fsp3) is 0.120. The molecule has 0 aliphatic heterocycles. The van der Waals surface area contributed by atoms with Crippen LogP contribution >= 0.6 is 23.4 Å². The van der Waals surface area contributed by atoms with Crippen LogP contribution in [-0.2, 0) is 11.3 Å². The van der Waals surface area contributed by atoms with E-state index >= 15 is 0 Å². The number of nitrogens with one attached hydrogen (secondary N) is 1. The van der Waals surface area contributed by atoms with E-state index in [1.165, 1.54) is 11.8 Å². The minimum Gasteiger partial charge on any atom is -0.324 e. The summed E-state index contributed by atoms with van der Waals surface area (Å²) in [4.78, 5) is 12.9. The molecule has 0 aliphatic rings. The number of halogens is 1. The number of anilines is 1. The number of hydrogen-bond donors (Lipinski definition) is 1. The summed E-state index contributed by atoms with van der Waals surface area (Å²) in [5.74, 6) is 0.408. The number of para-hydroxylation sites is 1. The molecule has 0 bridgehead atoms. The normalized spacial score (nSPS) is 11.5. The number of thioether (sulfide) groups is 1. The molecule has 3 aromatic carbocycles. The molecule has 164 valence electrons. The highest BCUT2D eigenvalue weighted by atomic mass is 35.5. The first kappa shape index (κ1) is 22.6. The Balaban J connectivity index is 1.62. The molecule has 0 saturated heterocycles. The molecule has 0 radical (unpaired) electrons. The third-order valence-corrected chi connectivity index (χ3v) is 6.38. The van der Waals surface area contributed by atoms with E-state index in [0.29, 0.717) is 33.8 Å². The van der Waals surface area contributed by atoms with Crippen LogP contribution in [0.5, 0.6) is 0 Å². The number of amides is 1. The molecular weight excluding hydrogens is 454 g/mol. The molecule has 4 rings (SSSR count). The first-order chi connectivity index (χ1) is 16.1. The van der Waals surface area contributed by atoms with E-state index in [0.717, 1.165) is 11.1 Å². The number of nitrogens with zero attached hydrogens (tertiary/aromatic N) is 4. The third kappa shape index (κ3) is 5.25. The first-order valence-corrected chi connectivity index (χ1v) is 11.5. The molecular formula is C25H20ClN5OS. The van der Waals surface area contributed by atoms with Crippen LogP contribution in [0.1, 0.15) is 18.1 Å². The van der Waals surface area contributed by atoms with Crippen molar-refractivity contribution >= 4 is 35.0 Å². The maximum absolute atomic E-state index is 12.9. The van der Waals surface area contributed by atoms with Crippen LogP contribution in [0, 0.1) is 11.3 Å². The molecule has 4 aromatic rings. The molecule has 6 nitrogen and oxygen atoms in total. The van der Waals surface area contributed by atoms with E-state index in [9.17, 15) is 10.1 Å². The van der Waals surface area contributed by atoms with Crippen LogP contribution < -0.4 is 5.32 Å². The number of rotatable bonds is 7. The van der Waals surface area contributed by atoms with Gasteiger partial charge in [0.1, 0.15) is 6.07 Å². The van der Waals surface area contributed by atoms with Crippen LogP contribution in [0.4, 0.5) is 5.69 Å². The molecule has 0 spiro atoms. The number of benzene rings is 3. The number of carbonyl (C=O) groups excluding carboxylic acids is 1. The average Bonchev–Trinajstić information content (AvgIpc) is 3.22. The maximum Gasteiger partial charge on any atom is 0.237 e. The summed E-state index contributed by atoms with van der Waals surface area (Å²) in [6.45, 7) is 2.33. The van der Waals surface area contributed by atoms with E-state index in [4.69, 9.17) is 11.6 Å². The minimum absolute atomic E-state index is 0.226. The van der Waals surface area contributed by atoms with Crippen molar-refractivity contribution in [3.63, 3.8) is 0 Å². The lowest BCUT2D eigenvalue weighted by molar-refractivity contribution is -0.115. The lowest BCUT2D eigenvalue weighted by Crippen LogP contribution is -2.23. The van der Waals surface area contributed by atoms with Crippen LogP contribution in [0.2, 0.25) is 5.02 Å². The average molecular weight is 474 g/mol. The van der Waals surface area contributed by atoms with Crippen molar-refractivity contribution in [2.24, 2.45) is 0 Å². The second kappa shape index (κ2) is 10.3. The van der Waals surface area contributed by atoms with Gasteiger partial charge in [0.05, 0.1) is 28.1 Å². The highest BCUT2D eigenvalue weighted by Gasteiger charge is 2.22. The maximum atomic E-state index is 12.9. The molecule has 0 aliphatic carbocycles. The van der Waals surface area contributed by atoms with Gasteiger partial charge in [0.25, 0.3) is 0 Å². The van der Waals surface area contributed by atoms with E-state index in [1.807, 2.05) is 59.2 Å². The molecule has 33 heavy (non-hydrogen) atoms. The summed E-state index contributed by atoms with van der Waals surface area (Å²) >= 11 is 7.74. The topological polar surface area (TPSA) is 83.6 Å². The van der Waals surface area contributed by atoms with Gasteiger partial charge in [0.15, 0.2) is 11.0 Å². The summed E-state index contributed by atoms with van der Waals surface area (Å²) in [5.41, 5.74) is 2.75. The van der Waals surface area contributed by atoms with Gasteiger partial charge in [-0.3, -0.25) is 9.36 Å². The van der Waals surface area contributed by atoms with Crippen LogP contribution in [0.15, 0.2) is 84.0 Å². The Hall–Kier alpha value is -3.60. The van der Waals surface area contributed by atoms with E-state index < -0.39 is 5.25 Å². The zero-order valence-electron chi connectivity index (χ0n) is 17.8. The zero-order chi connectivity index (χ0) is 23.2. The van der Waals surface area contributed by atoms with Gasteiger partial charge >= 0.3 is 0 Å². The zero-order valence-corrected chi connectivity index (χ0v) is 19.3. The smallest absolute Gasteiger partial charge is 0.237 e. The molecule has 0 fully saturated rings. The van der Waals surface area contributed by atoms with Crippen molar-refractivity contribution in [1.29, 1.82) is 5.26 Å². The first-order valence-electron chi connectivity index (χ1n) is 10.3. The van der Waals surface area contributed by atoms with Crippen molar-refractivity contribution < 1.29 is 4.79 Å². The lowest BCUT2D eigenvalue weighted by atomic mass is 10.2. The number of carbonyl (C=O) groups is 1. The second-order valence-corrected chi connectivity index (χ2v) is 8.98. The number of nitriles is 1. The quantitative estimate of drug-likeness (QED) is 0.351. The standard InChI is InChI=1S/C25H20ClN5OS/c1-17(24(32)28-22-14-8-5-11-19(22)15-27)33-25-30-29-23(20-12-6-7-13-21(20)26)31(25)16-18-9-3-2-4-10-18/h2-14,17H,16H2,1H3,(H,28,32). The van der Waals surface area contributed by atoms with Gasteiger partial charge in [0, 0.05) is 5.56 Å². The number of aromatic nitrogens is 3. The Labute approximate surface area is 201 Å². The molecule has 8 heteroatoms. The molecule has 1 heterocycles. The van der Waals surface area contributed by atoms with E-state index in [1.54, 1.807) is 31.2 Å². The highest BCUT2D eigenvalue weighted by molar-refractivity contribution is 8.00. The van der Waals surface area contributed by atoms with Gasteiger partial charge in [0.2, 0.25) is 5.91 Å². The van der Waals surface area contributed by atoms with E-state index in [2.05, 4.69) is 21.6 Å². The van der Waals surface area contributed by atoms with Crippen molar-refractivity contribution in [1.82, 2.24) is 14.8 Å². The highest BCUT2D eigenvalue weighted by Crippen LogP contribution is 2.31. The van der Waals surface area contributed by atoms with Gasteiger partial charge < -0.3 is 5.32 Å². The molecule has 0 saturated carbocycles. The van der Waals surface area contributed by atoms with Crippen molar-refractivity contribution in [3.05, 3.63) is 95.0 Å². The molecule has 1 N–H and O–H groups in total. The van der Waals surface area contributed by atoms with Gasteiger partial charge in [-0.25, -0.2) is 0 Å². The molecule has 1 unspecified atom stereocenters. The van der Waals surface area contributed by atoms with Gasteiger partial charge in [-0.15, -0.1) is 10.2 Å². The third-order valence-electron chi connectivity index (χ3n) is 4.97. The Morgan fingerprint density at radius 3 is 2.52 bits per heavy atom. The molecule has 1 amide bonds. The SMILES string of the molecule is CC(Sc1nnc(-c2ccccc2Cl)n1Cc1ccccc1)C(=O)Nc1ccccc1C#N. The lowest BCUT2D eigenvalue weighted by Gasteiger charge is -2.15. The summed E-state index contributed by atoms with van der Waals surface area (Å²) in [6, 6.07) is 26.5. The predicted molar refractivity (Wildman–Crippen MR) is 131 cm³/mol. The second-order valence-electron chi connectivity index (χ2n) is 7.26. The van der Waals surface area contributed by atoms with Crippen LogP contribution in [0.25, 0.3) is 11.4 Å². The Kier molecular flexibility index (Phi) is 7.08. The Morgan fingerprint density at radius 1 is 1.06 bits per heavy atom. The van der Waals surface area contributed by atoms with Gasteiger partial charge in [-0.1, -0.05) is 78.0 Å². The van der Waals surface area contributed by atoms with Crippen molar-refractivity contribution in [2.75, 3.05) is 5.32 Å². The Morgan fingerprint density at radius 2 is 1.76 bits per heavy atom. The fourth-order valence-electron chi connectivity index (χ4n) is 3.26. The summed E-state index contributed by atoms with van der Waals surface area (Å²) in [6.07, 6.45) is 0. The van der Waals surface area contributed by atoms with Crippen molar-refractivity contribution in [3.8, 4) is 17.5 Å². The summed E-state index contributed by atoms with van der Waals surface area (Å²) in [7, 11) is 0. The summed E-state index contributed by atoms with van der Waals surface area (Å²) < 4.78 is 1.97. The minimum atomic E-state index is -0.477. The number of hydrogen-bond acceptors (Lipinski definition) is 5. The van der Waals surface area contributed by atoms with Gasteiger partial charge in [-0.2, -0.15) is 5.26 Å². The van der Waals surface area contributed by atoms with Gasteiger partial charge in [-0.05, 0) is 36.8 Å². The summed E-state index contributed by atoms with van der Waals surface area (Å²) in [5, 5.41) is 21.6. The monoisotopic (exact) mass is 473 g/mol. The van der Waals surface area contributed by atoms with Crippen LogP contribution in [0.3, 0.4) is 0 Å².